The summed E-state index contributed by atoms with van der Waals surface area (Å²) in [6.07, 6.45) is 0. The van der Waals surface area contributed by atoms with Crippen LogP contribution >= 0.6 is 0 Å². The molecule has 0 aliphatic rings. The SMILES string of the molecule is CNC(=O)c1ccc(NC(=O)CN[C@H](c2ccccc2)c2ccc(C)cc2)cc1. The number of rotatable bonds is 7. The molecule has 0 unspecified atom stereocenters. The fraction of sp³-hybridized carbons (Fsp3) is 0.167. The van der Waals surface area contributed by atoms with Crippen LogP contribution in [0.4, 0.5) is 5.69 Å². The number of nitrogens with one attached hydrogen (secondary N) is 3. The summed E-state index contributed by atoms with van der Waals surface area (Å²) in [6, 6.07) is 25.1. The van der Waals surface area contributed by atoms with Gasteiger partial charge in [0.1, 0.15) is 0 Å². The van der Waals surface area contributed by atoms with Crippen LogP contribution in [-0.4, -0.2) is 25.4 Å². The molecule has 3 N–H and O–H groups in total. The molecule has 0 spiro atoms. The zero-order valence-electron chi connectivity index (χ0n) is 16.6. The van der Waals surface area contributed by atoms with E-state index in [1.807, 2.05) is 30.3 Å². The van der Waals surface area contributed by atoms with Gasteiger partial charge in [-0.05, 0) is 42.3 Å². The molecule has 0 radical (unpaired) electrons. The van der Waals surface area contributed by atoms with Crippen LogP contribution < -0.4 is 16.0 Å². The van der Waals surface area contributed by atoms with Gasteiger partial charge in [0.05, 0.1) is 12.6 Å². The Labute approximate surface area is 171 Å². The van der Waals surface area contributed by atoms with Crippen molar-refractivity contribution in [3.8, 4) is 0 Å². The van der Waals surface area contributed by atoms with E-state index >= 15 is 0 Å². The van der Waals surface area contributed by atoms with Crippen molar-refractivity contribution in [2.24, 2.45) is 0 Å². The molecule has 5 heteroatoms. The highest BCUT2D eigenvalue weighted by molar-refractivity contribution is 5.96. The van der Waals surface area contributed by atoms with Crippen molar-refractivity contribution in [2.75, 3.05) is 18.9 Å². The number of benzene rings is 3. The van der Waals surface area contributed by atoms with Crippen LogP contribution in [0, 0.1) is 6.92 Å². The molecule has 29 heavy (non-hydrogen) atoms. The van der Waals surface area contributed by atoms with Crippen molar-refractivity contribution < 1.29 is 9.59 Å². The molecule has 0 aromatic heterocycles. The minimum atomic E-state index is -0.159. The van der Waals surface area contributed by atoms with Crippen molar-refractivity contribution in [2.45, 2.75) is 13.0 Å². The van der Waals surface area contributed by atoms with Crippen LogP contribution in [0.3, 0.4) is 0 Å². The maximum Gasteiger partial charge on any atom is 0.251 e. The lowest BCUT2D eigenvalue weighted by molar-refractivity contribution is -0.115. The zero-order chi connectivity index (χ0) is 20.6. The standard InChI is InChI=1S/C24H25N3O2/c1-17-8-10-19(11-9-17)23(18-6-4-3-5-7-18)26-16-22(28)27-21-14-12-20(13-15-21)24(29)25-2/h3-15,23,26H,16H2,1-2H3,(H,25,29)(H,27,28)/t23-/m1/s1. The summed E-state index contributed by atoms with van der Waals surface area (Å²) < 4.78 is 0. The number of anilines is 1. The minimum Gasteiger partial charge on any atom is -0.355 e. The molecule has 3 aromatic carbocycles. The first kappa shape index (κ1) is 20.3. The average molecular weight is 387 g/mol. The first-order valence-electron chi connectivity index (χ1n) is 9.53. The Kier molecular flexibility index (Phi) is 6.76. The first-order valence-corrected chi connectivity index (χ1v) is 9.53. The van der Waals surface area contributed by atoms with E-state index in [1.54, 1.807) is 31.3 Å². The summed E-state index contributed by atoms with van der Waals surface area (Å²) in [5.74, 6) is -0.306. The summed E-state index contributed by atoms with van der Waals surface area (Å²) in [6.45, 7) is 2.21. The van der Waals surface area contributed by atoms with E-state index in [4.69, 9.17) is 0 Å². The van der Waals surface area contributed by atoms with E-state index in [9.17, 15) is 9.59 Å². The maximum absolute atomic E-state index is 12.5. The molecule has 3 aromatic rings. The number of amides is 2. The van der Waals surface area contributed by atoms with Crippen LogP contribution in [0.1, 0.15) is 33.1 Å². The molecule has 0 aliphatic carbocycles. The van der Waals surface area contributed by atoms with Gasteiger partial charge in [0.25, 0.3) is 5.91 Å². The Morgan fingerprint density at radius 1 is 0.828 bits per heavy atom. The molecule has 0 bridgehead atoms. The van der Waals surface area contributed by atoms with E-state index < -0.39 is 0 Å². The molecule has 0 fully saturated rings. The Morgan fingerprint density at radius 3 is 2.07 bits per heavy atom. The molecule has 2 amide bonds. The van der Waals surface area contributed by atoms with Gasteiger partial charge in [0, 0.05) is 18.3 Å². The molecule has 148 valence electrons. The highest BCUT2D eigenvalue weighted by Gasteiger charge is 2.15. The summed E-state index contributed by atoms with van der Waals surface area (Å²) in [5, 5.41) is 8.79. The third-order valence-corrected chi connectivity index (χ3v) is 4.67. The van der Waals surface area contributed by atoms with E-state index in [1.165, 1.54) is 5.56 Å². The third kappa shape index (κ3) is 5.53. The van der Waals surface area contributed by atoms with Crippen molar-refractivity contribution in [1.82, 2.24) is 10.6 Å². The second-order valence-electron chi connectivity index (χ2n) is 6.84. The number of hydrogen-bond donors (Lipinski definition) is 3. The molecule has 0 aliphatic heterocycles. The minimum absolute atomic E-state index is 0.0850. The van der Waals surface area contributed by atoms with Crippen molar-refractivity contribution >= 4 is 17.5 Å². The van der Waals surface area contributed by atoms with Gasteiger partial charge in [-0.15, -0.1) is 0 Å². The quantitative estimate of drug-likeness (QED) is 0.579. The van der Waals surface area contributed by atoms with E-state index in [-0.39, 0.29) is 24.4 Å². The average Bonchev–Trinajstić information content (AvgIpc) is 2.76. The van der Waals surface area contributed by atoms with Crippen LogP contribution in [-0.2, 0) is 4.79 Å². The Hall–Kier alpha value is -3.44. The van der Waals surface area contributed by atoms with E-state index in [0.717, 1.165) is 11.1 Å². The van der Waals surface area contributed by atoms with Crippen molar-refractivity contribution in [3.05, 3.63) is 101 Å². The largest absolute Gasteiger partial charge is 0.355 e. The van der Waals surface area contributed by atoms with E-state index in [0.29, 0.717) is 11.3 Å². The van der Waals surface area contributed by atoms with Crippen LogP contribution in [0.15, 0.2) is 78.9 Å². The molecular weight excluding hydrogens is 362 g/mol. The smallest absolute Gasteiger partial charge is 0.251 e. The number of carbonyl (C=O) groups is 2. The van der Waals surface area contributed by atoms with Gasteiger partial charge in [-0.1, -0.05) is 60.2 Å². The summed E-state index contributed by atoms with van der Waals surface area (Å²) in [5.41, 5.74) is 4.59. The van der Waals surface area contributed by atoms with Gasteiger partial charge in [0.15, 0.2) is 0 Å². The molecule has 5 nitrogen and oxygen atoms in total. The predicted molar refractivity (Wildman–Crippen MR) is 116 cm³/mol. The van der Waals surface area contributed by atoms with Gasteiger partial charge < -0.3 is 10.6 Å². The van der Waals surface area contributed by atoms with Gasteiger partial charge in [-0.2, -0.15) is 0 Å². The molecule has 3 rings (SSSR count). The van der Waals surface area contributed by atoms with Crippen LogP contribution in [0.5, 0.6) is 0 Å². The number of hydrogen-bond acceptors (Lipinski definition) is 3. The highest BCUT2D eigenvalue weighted by atomic mass is 16.2. The van der Waals surface area contributed by atoms with Crippen LogP contribution in [0.25, 0.3) is 0 Å². The monoisotopic (exact) mass is 387 g/mol. The Balaban J connectivity index is 1.66. The number of aryl methyl sites for hydroxylation is 1. The topological polar surface area (TPSA) is 70.2 Å². The summed E-state index contributed by atoms with van der Waals surface area (Å²) >= 11 is 0. The van der Waals surface area contributed by atoms with E-state index in [2.05, 4.69) is 47.1 Å². The summed E-state index contributed by atoms with van der Waals surface area (Å²) in [7, 11) is 1.58. The normalized spacial score (nSPS) is 11.5. The molecule has 0 saturated carbocycles. The Bertz CT molecular complexity index is 952. The van der Waals surface area contributed by atoms with Gasteiger partial charge in [-0.25, -0.2) is 0 Å². The molecule has 0 saturated heterocycles. The van der Waals surface area contributed by atoms with Crippen molar-refractivity contribution in [3.63, 3.8) is 0 Å². The molecule has 0 heterocycles. The fourth-order valence-corrected chi connectivity index (χ4v) is 3.08. The van der Waals surface area contributed by atoms with Crippen molar-refractivity contribution in [1.29, 1.82) is 0 Å². The second-order valence-corrected chi connectivity index (χ2v) is 6.84. The molecule has 1 atom stereocenters. The predicted octanol–water partition coefficient (Wildman–Crippen LogP) is 3.67. The first-order chi connectivity index (χ1) is 14.1. The zero-order valence-corrected chi connectivity index (χ0v) is 16.6. The second kappa shape index (κ2) is 9.66. The highest BCUT2D eigenvalue weighted by Crippen LogP contribution is 2.22. The van der Waals surface area contributed by atoms with Crippen LogP contribution in [0.2, 0.25) is 0 Å². The Morgan fingerprint density at radius 2 is 1.45 bits per heavy atom. The van der Waals surface area contributed by atoms with Gasteiger partial charge in [-0.3, -0.25) is 14.9 Å². The third-order valence-electron chi connectivity index (χ3n) is 4.67. The lowest BCUT2D eigenvalue weighted by Gasteiger charge is -2.20. The number of carbonyl (C=O) groups excluding carboxylic acids is 2. The lowest BCUT2D eigenvalue weighted by atomic mass is 9.98. The lowest BCUT2D eigenvalue weighted by Crippen LogP contribution is -2.32. The summed E-state index contributed by atoms with van der Waals surface area (Å²) in [4.78, 5) is 24.1. The van der Waals surface area contributed by atoms with Gasteiger partial charge >= 0.3 is 0 Å². The van der Waals surface area contributed by atoms with Gasteiger partial charge in [0.2, 0.25) is 5.91 Å². The molecular formula is C24H25N3O2. The maximum atomic E-state index is 12.5. The fourth-order valence-electron chi connectivity index (χ4n) is 3.08.